The third kappa shape index (κ3) is 5.95. The minimum atomic E-state index is -1.07. The number of thioether (sulfide) groups is 1. The minimum absolute atomic E-state index is 0.0931. The van der Waals surface area contributed by atoms with Crippen LogP contribution in [0.25, 0.3) is 0 Å². The van der Waals surface area contributed by atoms with Crippen LogP contribution < -0.4 is 0 Å². The van der Waals surface area contributed by atoms with Crippen LogP contribution in [0.4, 0.5) is 0 Å². The van der Waals surface area contributed by atoms with Crippen LogP contribution in [-0.2, 0) is 14.3 Å². The van der Waals surface area contributed by atoms with Crippen molar-refractivity contribution < 1.29 is 14.3 Å². The van der Waals surface area contributed by atoms with Gasteiger partial charge in [-0.25, -0.2) is 0 Å². The molecule has 5 heteroatoms. The van der Waals surface area contributed by atoms with Crippen molar-refractivity contribution in [3.05, 3.63) is 0 Å². The molecule has 0 saturated carbocycles. The molecule has 1 atom stereocenters. The van der Waals surface area contributed by atoms with Crippen LogP contribution in [0.15, 0.2) is 0 Å². The molecule has 0 saturated heterocycles. The molecule has 0 aliphatic rings. The Morgan fingerprint density at radius 2 is 1.95 bits per heavy atom. The van der Waals surface area contributed by atoms with Gasteiger partial charge >= 0.3 is 5.97 Å². The second-order valence-electron chi connectivity index (χ2n) is 5.31. The van der Waals surface area contributed by atoms with Crippen molar-refractivity contribution in [1.82, 2.24) is 4.90 Å². The number of nitrogens with zero attached hydrogens (tertiary/aromatic N) is 1. The highest BCUT2D eigenvalue weighted by Crippen LogP contribution is 2.20. The zero-order chi connectivity index (χ0) is 15.1. The quantitative estimate of drug-likeness (QED) is 0.481. The number of hydrogen-bond acceptors (Lipinski definition) is 5. The molecule has 0 aromatic rings. The van der Waals surface area contributed by atoms with Gasteiger partial charge in [-0.05, 0) is 53.2 Å². The number of hydrogen-bond donors (Lipinski definition) is 0. The van der Waals surface area contributed by atoms with Gasteiger partial charge in [-0.15, -0.1) is 0 Å². The van der Waals surface area contributed by atoms with Crippen LogP contribution >= 0.6 is 11.8 Å². The molecule has 0 radical (unpaired) electrons. The smallest absolute Gasteiger partial charge is 0.319 e. The molecule has 0 rings (SSSR count). The molecule has 1 unspecified atom stereocenters. The summed E-state index contributed by atoms with van der Waals surface area (Å²) in [4.78, 5) is 26.0. The van der Waals surface area contributed by atoms with E-state index < -0.39 is 11.4 Å². The van der Waals surface area contributed by atoms with E-state index in [1.807, 2.05) is 11.9 Å². The predicted molar refractivity (Wildman–Crippen MR) is 80.5 cm³/mol. The molecule has 112 valence electrons. The highest BCUT2D eigenvalue weighted by atomic mass is 32.2. The van der Waals surface area contributed by atoms with E-state index in [0.29, 0.717) is 12.6 Å². The van der Waals surface area contributed by atoms with Crippen molar-refractivity contribution >= 4 is 23.5 Å². The van der Waals surface area contributed by atoms with Gasteiger partial charge < -0.3 is 4.74 Å². The lowest BCUT2D eigenvalue weighted by Crippen LogP contribution is -2.43. The molecule has 0 heterocycles. The number of ether oxygens (including phenoxy) is 1. The molecule has 0 bridgehead atoms. The van der Waals surface area contributed by atoms with Crippen molar-refractivity contribution in [2.45, 2.75) is 40.2 Å². The maximum atomic E-state index is 12.2. The fourth-order valence-electron chi connectivity index (χ4n) is 1.51. The molecule has 0 fully saturated rings. The SMILES string of the molecule is CCOC(=O)C(C)(C)C(=O)CN(C)C(C)CCSC. The summed E-state index contributed by atoms with van der Waals surface area (Å²) in [6.07, 6.45) is 3.10. The lowest BCUT2D eigenvalue weighted by molar-refractivity contribution is -0.158. The van der Waals surface area contributed by atoms with Crippen molar-refractivity contribution in [1.29, 1.82) is 0 Å². The number of rotatable bonds is 9. The summed E-state index contributed by atoms with van der Waals surface area (Å²) >= 11 is 1.80. The number of carbonyl (C=O) groups excluding carboxylic acids is 2. The third-order valence-corrected chi connectivity index (χ3v) is 4.01. The first-order chi connectivity index (χ1) is 8.77. The van der Waals surface area contributed by atoms with Crippen molar-refractivity contribution in [3.63, 3.8) is 0 Å². The van der Waals surface area contributed by atoms with Gasteiger partial charge in [-0.2, -0.15) is 11.8 Å². The van der Waals surface area contributed by atoms with E-state index >= 15 is 0 Å². The topological polar surface area (TPSA) is 46.6 Å². The number of esters is 1. The zero-order valence-electron chi connectivity index (χ0n) is 13.0. The minimum Gasteiger partial charge on any atom is -0.465 e. The van der Waals surface area contributed by atoms with E-state index in [1.165, 1.54) is 0 Å². The lowest BCUT2D eigenvalue weighted by atomic mass is 9.87. The Bertz CT molecular complexity index is 305. The summed E-state index contributed by atoms with van der Waals surface area (Å²) < 4.78 is 4.95. The molecule has 19 heavy (non-hydrogen) atoms. The molecule has 0 aromatic carbocycles. The average molecular weight is 289 g/mol. The normalized spacial score (nSPS) is 13.4. The molecular weight excluding hydrogens is 262 g/mol. The third-order valence-electron chi connectivity index (χ3n) is 3.37. The summed E-state index contributed by atoms with van der Waals surface area (Å²) in [7, 11) is 1.92. The van der Waals surface area contributed by atoms with Gasteiger partial charge in [0.05, 0.1) is 13.2 Å². The highest BCUT2D eigenvalue weighted by Gasteiger charge is 2.37. The van der Waals surface area contributed by atoms with Gasteiger partial charge in [-0.3, -0.25) is 14.5 Å². The summed E-state index contributed by atoms with van der Waals surface area (Å²) in [6, 6.07) is 0.328. The molecule has 0 aliphatic heterocycles. The highest BCUT2D eigenvalue weighted by molar-refractivity contribution is 7.98. The van der Waals surface area contributed by atoms with Crippen molar-refractivity contribution in [2.75, 3.05) is 32.2 Å². The van der Waals surface area contributed by atoms with E-state index in [9.17, 15) is 9.59 Å². The fraction of sp³-hybridized carbons (Fsp3) is 0.857. The van der Waals surface area contributed by atoms with E-state index in [-0.39, 0.29) is 12.3 Å². The number of ketones is 1. The van der Waals surface area contributed by atoms with Gasteiger partial charge in [0.1, 0.15) is 5.41 Å². The largest absolute Gasteiger partial charge is 0.465 e. The Balaban J connectivity index is 4.46. The Morgan fingerprint density at radius 3 is 2.42 bits per heavy atom. The maximum absolute atomic E-state index is 12.2. The van der Waals surface area contributed by atoms with Gasteiger partial charge in [0.2, 0.25) is 0 Å². The second kappa shape index (κ2) is 8.59. The van der Waals surface area contributed by atoms with E-state index in [4.69, 9.17) is 4.74 Å². The van der Waals surface area contributed by atoms with Crippen molar-refractivity contribution in [3.8, 4) is 0 Å². The molecule has 0 aliphatic carbocycles. The summed E-state index contributed by atoms with van der Waals surface area (Å²) in [6.45, 7) is 7.69. The molecule has 0 aromatic heterocycles. The molecule has 0 spiro atoms. The van der Waals surface area contributed by atoms with Crippen LogP contribution in [0.5, 0.6) is 0 Å². The summed E-state index contributed by atoms with van der Waals surface area (Å²) in [5, 5.41) is 0. The number of likely N-dealkylation sites (N-methyl/N-ethyl adjacent to an activating group) is 1. The molecule has 0 amide bonds. The number of carbonyl (C=O) groups is 2. The Labute approximate surface area is 121 Å². The molecular formula is C14H27NO3S. The molecule has 4 nitrogen and oxygen atoms in total. The second-order valence-corrected chi connectivity index (χ2v) is 6.30. The monoisotopic (exact) mass is 289 g/mol. The Morgan fingerprint density at radius 1 is 1.37 bits per heavy atom. The standard InChI is InChI=1S/C14H27NO3S/c1-7-18-13(17)14(3,4)12(16)10-15(5)11(2)8-9-19-6/h11H,7-10H2,1-6H3. The predicted octanol–water partition coefficient (Wildman–Crippen LogP) is 2.22. The Hall–Kier alpha value is -0.550. The summed E-state index contributed by atoms with van der Waals surface area (Å²) in [5.41, 5.74) is -1.07. The van der Waals surface area contributed by atoms with Crippen LogP contribution in [0, 0.1) is 5.41 Å². The van der Waals surface area contributed by atoms with Crippen LogP contribution in [0.3, 0.4) is 0 Å². The number of Topliss-reactive ketones (excluding diaryl/α,β-unsaturated/α-hetero) is 1. The first kappa shape index (κ1) is 18.4. The van der Waals surface area contributed by atoms with Crippen molar-refractivity contribution in [2.24, 2.45) is 5.41 Å². The van der Waals surface area contributed by atoms with E-state index in [2.05, 4.69) is 13.2 Å². The fourth-order valence-corrected chi connectivity index (χ4v) is 2.09. The van der Waals surface area contributed by atoms with Gasteiger partial charge in [-0.1, -0.05) is 0 Å². The van der Waals surface area contributed by atoms with Gasteiger partial charge in [0.15, 0.2) is 5.78 Å². The first-order valence-corrected chi connectivity index (χ1v) is 8.06. The maximum Gasteiger partial charge on any atom is 0.319 e. The van der Waals surface area contributed by atoms with E-state index in [0.717, 1.165) is 12.2 Å². The van der Waals surface area contributed by atoms with Crippen LogP contribution in [0.1, 0.15) is 34.1 Å². The lowest BCUT2D eigenvalue weighted by Gasteiger charge is -2.28. The van der Waals surface area contributed by atoms with Crippen LogP contribution in [-0.4, -0.2) is 54.9 Å². The average Bonchev–Trinajstić information content (AvgIpc) is 2.35. The zero-order valence-corrected chi connectivity index (χ0v) is 13.8. The van der Waals surface area contributed by atoms with Gasteiger partial charge in [0.25, 0.3) is 0 Å². The summed E-state index contributed by atoms with van der Waals surface area (Å²) in [5.74, 6) is 0.538. The molecule has 0 N–H and O–H groups in total. The van der Waals surface area contributed by atoms with Gasteiger partial charge in [0, 0.05) is 6.04 Å². The first-order valence-electron chi connectivity index (χ1n) is 6.67. The Kier molecular flexibility index (Phi) is 8.34. The van der Waals surface area contributed by atoms with E-state index in [1.54, 1.807) is 32.5 Å². The van der Waals surface area contributed by atoms with Crippen LogP contribution in [0.2, 0.25) is 0 Å².